The average Bonchev–Trinajstić information content (AvgIpc) is 2.64. The van der Waals surface area contributed by atoms with Gasteiger partial charge in [0.25, 0.3) is 0 Å². The Kier molecular flexibility index (Phi) is 7.16. The molecule has 0 atom stereocenters. The Bertz CT molecular complexity index is 632. The minimum atomic E-state index is -0.623. The highest BCUT2D eigenvalue weighted by atomic mass is 16.2. The number of amides is 2. The third kappa shape index (κ3) is 6.04. The van der Waals surface area contributed by atoms with Gasteiger partial charge in [0.1, 0.15) is 0 Å². The lowest BCUT2D eigenvalue weighted by molar-refractivity contribution is -0.139. The number of nitrogens with one attached hydrogen (secondary N) is 2. The number of carbonyl (C=O) groups excluding carboxylic acids is 2. The third-order valence-corrected chi connectivity index (χ3v) is 3.82. The summed E-state index contributed by atoms with van der Waals surface area (Å²) in [4.78, 5) is 26.4. The van der Waals surface area contributed by atoms with Crippen molar-refractivity contribution in [1.29, 1.82) is 0 Å². The molecule has 0 aliphatic rings. The first-order valence-corrected chi connectivity index (χ1v) is 8.41. The molecule has 0 fully saturated rings. The summed E-state index contributed by atoms with van der Waals surface area (Å²) >= 11 is 0. The molecule has 0 saturated heterocycles. The number of carbonyl (C=O) groups is 2. The van der Waals surface area contributed by atoms with Crippen LogP contribution in [0.5, 0.6) is 0 Å². The molecule has 5 nitrogen and oxygen atoms in total. The van der Waals surface area contributed by atoms with Crippen LogP contribution < -0.4 is 10.6 Å². The number of benzene rings is 2. The molecule has 2 aromatic carbocycles. The second-order valence-corrected chi connectivity index (χ2v) is 6.14. The lowest BCUT2D eigenvalue weighted by Crippen LogP contribution is -2.42. The highest BCUT2D eigenvalue weighted by molar-refractivity contribution is 6.35. The van der Waals surface area contributed by atoms with Crippen LogP contribution in [0.25, 0.3) is 0 Å². The van der Waals surface area contributed by atoms with E-state index in [0.29, 0.717) is 6.54 Å². The highest BCUT2D eigenvalue weighted by Gasteiger charge is 2.20. The Balaban J connectivity index is 2.02. The van der Waals surface area contributed by atoms with Gasteiger partial charge in [0.05, 0.1) is 6.04 Å². The first-order valence-electron chi connectivity index (χ1n) is 8.41. The molecule has 0 aliphatic carbocycles. The standard InChI is InChI=1S/C20H25N3O2/c1-23(2)15-9-14-21-19(24)20(25)22-18(16-10-5-3-6-11-16)17-12-7-4-8-13-17/h3-8,10-13,18H,9,14-15H2,1-2H3,(H,21,24)(H,22,25). The van der Waals surface area contributed by atoms with Crippen molar-refractivity contribution < 1.29 is 9.59 Å². The quantitative estimate of drug-likeness (QED) is 0.599. The van der Waals surface area contributed by atoms with Gasteiger partial charge in [-0.1, -0.05) is 60.7 Å². The third-order valence-electron chi connectivity index (χ3n) is 3.82. The van der Waals surface area contributed by atoms with Crippen LogP contribution in [0, 0.1) is 0 Å². The van der Waals surface area contributed by atoms with Crippen LogP contribution >= 0.6 is 0 Å². The van der Waals surface area contributed by atoms with Crippen LogP contribution in [0.15, 0.2) is 60.7 Å². The largest absolute Gasteiger partial charge is 0.348 e. The summed E-state index contributed by atoms with van der Waals surface area (Å²) in [6.07, 6.45) is 0.798. The molecule has 25 heavy (non-hydrogen) atoms. The first-order chi connectivity index (χ1) is 12.1. The molecule has 2 amide bonds. The van der Waals surface area contributed by atoms with Crippen molar-refractivity contribution >= 4 is 11.8 Å². The SMILES string of the molecule is CN(C)CCCNC(=O)C(=O)NC(c1ccccc1)c1ccccc1. The van der Waals surface area contributed by atoms with E-state index in [2.05, 4.69) is 10.6 Å². The fourth-order valence-electron chi connectivity index (χ4n) is 2.52. The lowest BCUT2D eigenvalue weighted by atomic mass is 9.99. The molecule has 132 valence electrons. The fourth-order valence-corrected chi connectivity index (χ4v) is 2.52. The summed E-state index contributed by atoms with van der Waals surface area (Å²) < 4.78 is 0. The van der Waals surface area contributed by atoms with Gasteiger partial charge in [0.2, 0.25) is 0 Å². The molecule has 0 radical (unpaired) electrons. The van der Waals surface area contributed by atoms with Gasteiger partial charge in [-0.25, -0.2) is 0 Å². The van der Waals surface area contributed by atoms with E-state index in [4.69, 9.17) is 0 Å². The molecule has 0 heterocycles. The van der Waals surface area contributed by atoms with Gasteiger partial charge in [-0.2, -0.15) is 0 Å². The zero-order valence-corrected chi connectivity index (χ0v) is 14.7. The molecule has 2 aromatic rings. The van der Waals surface area contributed by atoms with E-state index in [1.807, 2.05) is 79.7 Å². The first kappa shape index (κ1) is 18.7. The normalized spacial score (nSPS) is 10.7. The predicted molar refractivity (Wildman–Crippen MR) is 99.1 cm³/mol. The van der Waals surface area contributed by atoms with Gasteiger partial charge < -0.3 is 15.5 Å². The maximum atomic E-state index is 12.3. The van der Waals surface area contributed by atoms with E-state index < -0.39 is 11.8 Å². The minimum absolute atomic E-state index is 0.359. The van der Waals surface area contributed by atoms with Crippen LogP contribution in [0.4, 0.5) is 0 Å². The summed E-state index contributed by atoms with van der Waals surface area (Å²) in [6, 6.07) is 18.9. The predicted octanol–water partition coefficient (Wildman–Crippen LogP) is 1.96. The summed E-state index contributed by atoms with van der Waals surface area (Å²) in [6.45, 7) is 1.34. The van der Waals surface area contributed by atoms with Gasteiger partial charge in [-0.3, -0.25) is 9.59 Å². The molecule has 0 saturated carbocycles. The van der Waals surface area contributed by atoms with Crippen molar-refractivity contribution in [3.8, 4) is 0 Å². The number of rotatable bonds is 7. The number of hydrogen-bond acceptors (Lipinski definition) is 3. The van der Waals surface area contributed by atoms with E-state index in [-0.39, 0.29) is 6.04 Å². The summed E-state index contributed by atoms with van der Waals surface area (Å²) in [5, 5.41) is 5.51. The molecule has 2 rings (SSSR count). The van der Waals surface area contributed by atoms with E-state index in [1.54, 1.807) is 0 Å². The molecule has 0 unspecified atom stereocenters. The topological polar surface area (TPSA) is 61.4 Å². The molecule has 2 N–H and O–H groups in total. The summed E-state index contributed by atoms with van der Waals surface area (Å²) in [7, 11) is 3.94. The molecule has 0 spiro atoms. The zero-order valence-electron chi connectivity index (χ0n) is 14.7. The van der Waals surface area contributed by atoms with Gasteiger partial charge in [0, 0.05) is 6.54 Å². The van der Waals surface area contributed by atoms with Crippen molar-refractivity contribution in [2.24, 2.45) is 0 Å². The molecule has 5 heteroatoms. The van der Waals surface area contributed by atoms with Crippen molar-refractivity contribution in [2.75, 3.05) is 27.2 Å². The Morgan fingerprint density at radius 2 is 1.40 bits per heavy atom. The van der Waals surface area contributed by atoms with Gasteiger partial charge in [-0.05, 0) is 38.2 Å². The Labute approximate surface area is 149 Å². The maximum absolute atomic E-state index is 12.3. The summed E-state index contributed by atoms with van der Waals surface area (Å²) in [5.74, 6) is -1.22. The maximum Gasteiger partial charge on any atom is 0.310 e. The molecule has 0 aromatic heterocycles. The second kappa shape index (κ2) is 9.59. The highest BCUT2D eigenvalue weighted by Crippen LogP contribution is 2.21. The summed E-state index contributed by atoms with van der Waals surface area (Å²) in [5.41, 5.74) is 1.87. The van der Waals surface area contributed by atoms with Crippen molar-refractivity contribution in [2.45, 2.75) is 12.5 Å². The number of nitrogens with zero attached hydrogens (tertiary/aromatic N) is 1. The molecule has 0 aliphatic heterocycles. The lowest BCUT2D eigenvalue weighted by Gasteiger charge is -2.19. The van der Waals surface area contributed by atoms with Crippen LogP contribution in [-0.2, 0) is 9.59 Å². The van der Waals surface area contributed by atoms with Crippen molar-refractivity contribution in [1.82, 2.24) is 15.5 Å². The smallest absolute Gasteiger partial charge is 0.310 e. The second-order valence-electron chi connectivity index (χ2n) is 6.14. The number of hydrogen-bond donors (Lipinski definition) is 2. The van der Waals surface area contributed by atoms with E-state index in [0.717, 1.165) is 24.1 Å². The Morgan fingerprint density at radius 3 is 1.88 bits per heavy atom. The van der Waals surface area contributed by atoms with Gasteiger partial charge >= 0.3 is 11.8 Å². The monoisotopic (exact) mass is 339 g/mol. The van der Waals surface area contributed by atoms with Crippen LogP contribution in [0.2, 0.25) is 0 Å². The zero-order chi connectivity index (χ0) is 18.1. The molecular weight excluding hydrogens is 314 g/mol. The van der Waals surface area contributed by atoms with Crippen LogP contribution in [0.3, 0.4) is 0 Å². The van der Waals surface area contributed by atoms with Crippen molar-refractivity contribution in [3.63, 3.8) is 0 Å². The van der Waals surface area contributed by atoms with E-state index in [1.165, 1.54) is 0 Å². The fraction of sp³-hybridized carbons (Fsp3) is 0.300. The Hall–Kier alpha value is -2.66. The van der Waals surface area contributed by atoms with Gasteiger partial charge in [0.15, 0.2) is 0 Å². The molecular formula is C20H25N3O2. The average molecular weight is 339 g/mol. The van der Waals surface area contributed by atoms with Crippen LogP contribution in [0.1, 0.15) is 23.6 Å². The molecule has 0 bridgehead atoms. The van der Waals surface area contributed by atoms with Crippen LogP contribution in [-0.4, -0.2) is 43.9 Å². The van der Waals surface area contributed by atoms with E-state index >= 15 is 0 Å². The van der Waals surface area contributed by atoms with Gasteiger partial charge in [-0.15, -0.1) is 0 Å². The Morgan fingerprint density at radius 1 is 0.880 bits per heavy atom. The van der Waals surface area contributed by atoms with E-state index in [9.17, 15) is 9.59 Å². The van der Waals surface area contributed by atoms with Crippen molar-refractivity contribution in [3.05, 3.63) is 71.8 Å². The minimum Gasteiger partial charge on any atom is -0.348 e.